The third kappa shape index (κ3) is 1.13. The zero-order valence-electron chi connectivity index (χ0n) is 8.88. The molecule has 4 heteroatoms. The van der Waals surface area contributed by atoms with Crippen molar-refractivity contribution >= 4 is 17.2 Å². The highest BCUT2D eigenvalue weighted by molar-refractivity contribution is 5.95. The quantitative estimate of drug-likeness (QED) is 0.744. The van der Waals surface area contributed by atoms with Crippen molar-refractivity contribution in [2.75, 3.05) is 7.05 Å². The Labute approximate surface area is 91.9 Å². The van der Waals surface area contributed by atoms with E-state index in [2.05, 4.69) is 4.98 Å². The summed E-state index contributed by atoms with van der Waals surface area (Å²) in [6.45, 7) is 1.27. The zero-order valence-corrected chi connectivity index (χ0v) is 8.88. The molecule has 0 saturated heterocycles. The standard InChI is InChI=1S/C12H11FN2O/c1-15-4-7-9(13)2-3-10-12(7)8(5-15)11(6-16)14-10/h2-3,6,14H,4-5H2,1H3. The zero-order chi connectivity index (χ0) is 11.3. The first-order valence-electron chi connectivity index (χ1n) is 5.16. The minimum atomic E-state index is -0.197. The van der Waals surface area contributed by atoms with Gasteiger partial charge in [0.2, 0.25) is 0 Å². The molecule has 0 bridgehead atoms. The van der Waals surface area contributed by atoms with E-state index >= 15 is 0 Å². The highest BCUT2D eigenvalue weighted by Gasteiger charge is 2.23. The van der Waals surface area contributed by atoms with Crippen LogP contribution in [0.15, 0.2) is 12.1 Å². The SMILES string of the molecule is CN1Cc2c(F)ccc3[nH]c(C=O)c(c23)C1. The molecule has 0 saturated carbocycles. The second-order valence-corrected chi connectivity index (χ2v) is 4.26. The van der Waals surface area contributed by atoms with Crippen molar-refractivity contribution in [1.82, 2.24) is 9.88 Å². The lowest BCUT2D eigenvalue weighted by molar-refractivity contribution is 0.111. The van der Waals surface area contributed by atoms with Crippen molar-refractivity contribution in [2.24, 2.45) is 0 Å². The molecule has 1 N–H and O–H groups in total. The van der Waals surface area contributed by atoms with Crippen molar-refractivity contribution in [3.05, 3.63) is 34.8 Å². The molecule has 2 aromatic rings. The summed E-state index contributed by atoms with van der Waals surface area (Å²) in [5, 5.41) is 0.889. The maximum atomic E-state index is 13.7. The lowest BCUT2D eigenvalue weighted by Crippen LogP contribution is -2.22. The van der Waals surface area contributed by atoms with E-state index in [0.29, 0.717) is 24.3 Å². The Hall–Kier alpha value is -1.68. The second kappa shape index (κ2) is 3.15. The van der Waals surface area contributed by atoms with Gasteiger partial charge in [-0.1, -0.05) is 0 Å². The van der Waals surface area contributed by atoms with E-state index < -0.39 is 0 Å². The fourth-order valence-corrected chi connectivity index (χ4v) is 2.44. The molecule has 0 atom stereocenters. The summed E-state index contributed by atoms with van der Waals surface area (Å²) in [6, 6.07) is 3.14. The predicted molar refractivity (Wildman–Crippen MR) is 58.8 cm³/mol. The number of halogens is 1. The van der Waals surface area contributed by atoms with E-state index in [1.165, 1.54) is 6.07 Å². The number of hydrogen-bond donors (Lipinski definition) is 1. The number of aldehydes is 1. The van der Waals surface area contributed by atoms with Crippen molar-refractivity contribution in [1.29, 1.82) is 0 Å². The molecule has 1 aliphatic heterocycles. The van der Waals surface area contributed by atoms with Gasteiger partial charge in [-0.3, -0.25) is 9.69 Å². The summed E-state index contributed by atoms with van der Waals surface area (Å²) in [6.07, 6.45) is 0.802. The molecule has 16 heavy (non-hydrogen) atoms. The number of carbonyl (C=O) groups excluding carboxylic acids is 1. The van der Waals surface area contributed by atoms with Gasteiger partial charge in [-0.15, -0.1) is 0 Å². The molecule has 82 valence electrons. The Morgan fingerprint density at radius 3 is 2.88 bits per heavy atom. The molecule has 3 nitrogen and oxygen atoms in total. The summed E-state index contributed by atoms with van der Waals surface area (Å²) in [7, 11) is 1.92. The molecule has 2 heterocycles. The molecule has 1 aliphatic rings. The fraction of sp³-hybridized carbons (Fsp3) is 0.250. The first-order chi connectivity index (χ1) is 7.70. The number of H-pyrrole nitrogens is 1. The Balaban J connectivity index is 2.43. The van der Waals surface area contributed by atoms with Gasteiger partial charge in [-0.25, -0.2) is 4.39 Å². The number of hydrogen-bond acceptors (Lipinski definition) is 2. The van der Waals surface area contributed by atoms with Crippen molar-refractivity contribution in [3.63, 3.8) is 0 Å². The van der Waals surface area contributed by atoms with E-state index in [0.717, 1.165) is 22.8 Å². The summed E-state index contributed by atoms with van der Waals surface area (Å²) in [4.78, 5) is 16.0. The maximum absolute atomic E-state index is 13.7. The highest BCUT2D eigenvalue weighted by Crippen LogP contribution is 2.32. The highest BCUT2D eigenvalue weighted by atomic mass is 19.1. The second-order valence-electron chi connectivity index (χ2n) is 4.26. The van der Waals surface area contributed by atoms with Gasteiger partial charge in [0.05, 0.1) is 5.69 Å². The third-order valence-electron chi connectivity index (χ3n) is 3.13. The number of aromatic nitrogens is 1. The summed E-state index contributed by atoms with van der Waals surface area (Å²) >= 11 is 0. The maximum Gasteiger partial charge on any atom is 0.166 e. The number of nitrogens with zero attached hydrogens (tertiary/aromatic N) is 1. The Kier molecular flexibility index (Phi) is 1.88. The van der Waals surface area contributed by atoms with Crippen LogP contribution in [0.2, 0.25) is 0 Å². The van der Waals surface area contributed by atoms with Gasteiger partial charge in [0.25, 0.3) is 0 Å². The van der Waals surface area contributed by atoms with Gasteiger partial charge in [0.1, 0.15) is 5.82 Å². The number of benzene rings is 1. The van der Waals surface area contributed by atoms with Crippen LogP contribution in [0.3, 0.4) is 0 Å². The van der Waals surface area contributed by atoms with Crippen LogP contribution in [0.25, 0.3) is 10.9 Å². The average Bonchev–Trinajstić information content (AvgIpc) is 2.62. The molecule has 0 fully saturated rings. The largest absolute Gasteiger partial charge is 0.352 e. The molecule has 3 rings (SSSR count). The van der Waals surface area contributed by atoms with E-state index in [4.69, 9.17) is 0 Å². The monoisotopic (exact) mass is 218 g/mol. The summed E-state index contributed by atoms with van der Waals surface area (Å²) in [5.74, 6) is -0.197. The third-order valence-corrected chi connectivity index (χ3v) is 3.13. The van der Waals surface area contributed by atoms with Crippen LogP contribution in [0, 0.1) is 5.82 Å². The topological polar surface area (TPSA) is 36.1 Å². The molecule has 0 spiro atoms. The minimum Gasteiger partial charge on any atom is -0.352 e. The van der Waals surface area contributed by atoms with Gasteiger partial charge in [-0.2, -0.15) is 0 Å². The molecule has 0 unspecified atom stereocenters. The van der Waals surface area contributed by atoms with Crippen molar-refractivity contribution < 1.29 is 9.18 Å². The van der Waals surface area contributed by atoms with Gasteiger partial charge in [-0.05, 0) is 19.2 Å². The van der Waals surface area contributed by atoms with Gasteiger partial charge in [0.15, 0.2) is 6.29 Å². The first kappa shape index (κ1) is 9.54. The lowest BCUT2D eigenvalue weighted by atomic mass is 10.00. The molecular weight excluding hydrogens is 207 g/mol. The van der Waals surface area contributed by atoms with Gasteiger partial charge in [0, 0.05) is 35.1 Å². The van der Waals surface area contributed by atoms with Gasteiger partial charge < -0.3 is 4.98 Å². The number of carbonyl (C=O) groups is 1. The number of nitrogens with one attached hydrogen (secondary N) is 1. The Morgan fingerprint density at radius 2 is 2.12 bits per heavy atom. The Bertz CT molecular complexity index is 588. The van der Waals surface area contributed by atoms with Gasteiger partial charge >= 0.3 is 0 Å². The summed E-state index contributed by atoms with van der Waals surface area (Å²) in [5.41, 5.74) is 3.01. The number of rotatable bonds is 1. The molecule has 0 amide bonds. The van der Waals surface area contributed by atoms with Crippen LogP contribution in [0.5, 0.6) is 0 Å². The van der Waals surface area contributed by atoms with Crippen molar-refractivity contribution in [3.8, 4) is 0 Å². The van der Waals surface area contributed by atoms with Crippen LogP contribution in [-0.4, -0.2) is 23.2 Å². The normalized spacial score (nSPS) is 15.6. The average molecular weight is 218 g/mol. The Morgan fingerprint density at radius 1 is 1.38 bits per heavy atom. The van der Waals surface area contributed by atoms with Crippen LogP contribution >= 0.6 is 0 Å². The summed E-state index contributed by atoms with van der Waals surface area (Å²) < 4.78 is 13.7. The molecule has 1 aromatic heterocycles. The van der Waals surface area contributed by atoms with E-state index in [-0.39, 0.29) is 5.82 Å². The predicted octanol–water partition coefficient (Wildman–Crippen LogP) is 2.06. The van der Waals surface area contributed by atoms with Crippen LogP contribution in [-0.2, 0) is 13.1 Å². The molecule has 0 aliphatic carbocycles. The van der Waals surface area contributed by atoms with E-state index in [1.807, 2.05) is 11.9 Å². The smallest absolute Gasteiger partial charge is 0.166 e. The van der Waals surface area contributed by atoms with Crippen molar-refractivity contribution in [2.45, 2.75) is 13.1 Å². The van der Waals surface area contributed by atoms with Crippen LogP contribution < -0.4 is 0 Å². The molecular formula is C12H11FN2O. The van der Waals surface area contributed by atoms with Crippen LogP contribution in [0.1, 0.15) is 21.6 Å². The van der Waals surface area contributed by atoms with E-state index in [9.17, 15) is 9.18 Å². The minimum absolute atomic E-state index is 0.197. The molecule has 0 radical (unpaired) electrons. The van der Waals surface area contributed by atoms with Crippen LogP contribution in [0.4, 0.5) is 4.39 Å². The van der Waals surface area contributed by atoms with E-state index in [1.54, 1.807) is 6.07 Å². The lowest BCUT2D eigenvalue weighted by Gasteiger charge is -2.23. The number of aromatic amines is 1. The fourth-order valence-electron chi connectivity index (χ4n) is 2.44. The molecule has 1 aromatic carbocycles. The first-order valence-corrected chi connectivity index (χ1v) is 5.16.